The van der Waals surface area contributed by atoms with Gasteiger partial charge in [0.1, 0.15) is 10.8 Å². The fourth-order valence-corrected chi connectivity index (χ4v) is 6.12. The second-order valence-corrected chi connectivity index (χ2v) is 12.2. The first-order valence-electron chi connectivity index (χ1n) is 10.7. The Hall–Kier alpha value is -1.62. The van der Waals surface area contributed by atoms with Gasteiger partial charge in [-0.25, -0.2) is 4.39 Å². The van der Waals surface area contributed by atoms with Crippen molar-refractivity contribution in [1.29, 1.82) is 0 Å². The van der Waals surface area contributed by atoms with Crippen LogP contribution in [-0.2, 0) is 23.5 Å². The van der Waals surface area contributed by atoms with Gasteiger partial charge in [-0.1, -0.05) is 61.3 Å². The summed E-state index contributed by atoms with van der Waals surface area (Å²) in [4.78, 5) is 9.47. The number of alkyl halides is 3. The average Bonchev–Trinajstić information content (AvgIpc) is 3.43. The number of oxime groups is 1. The first-order valence-corrected chi connectivity index (χ1v) is 12.7. The Bertz CT molecular complexity index is 1200. The van der Waals surface area contributed by atoms with Crippen LogP contribution >= 0.6 is 46.8 Å². The van der Waals surface area contributed by atoms with Crippen molar-refractivity contribution in [3.05, 3.63) is 54.4 Å². The van der Waals surface area contributed by atoms with E-state index in [0.717, 1.165) is 39.6 Å². The largest absolute Gasteiger partial charge is 0.435 e. The summed E-state index contributed by atoms with van der Waals surface area (Å²) in [6.45, 7) is 9.81. The van der Waals surface area contributed by atoms with Gasteiger partial charge in [-0.15, -0.1) is 11.3 Å². The molecule has 190 valence electrons. The number of rotatable bonds is 3. The van der Waals surface area contributed by atoms with Gasteiger partial charge in [0, 0.05) is 23.5 Å². The molecule has 12 heteroatoms. The summed E-state index contributed by atoms with van der Waals surface area (Å²) in [5.41, 5.74) is -1.09. The third-order valence-electron chi connectivity index (χ3n) is 6.01. The van der Waals surface area contributed by atoms with Crippen molar-refractivity contribution in [1.82, 2.24) is 10.2 Å². The number of nitrogens with zero attached hydrogens (tertiary/aromatic N) is 2. The lowest BCUT2D eigenvalue weighted by molar-refractivity contribution is -0.275. The zero-order chi connectivity index (χ0) is 25.9. The molecule has 2 aliphatic rings. The zero-order valence-electron chi connectivity index (χ0n) is 19.4. The van der Waals surface area contributed by atoms with Crippen LogP contribution in [-0.4, -0.2) is 28.4 Å². The number of halogens is 6. The van der Waals surface area contributed by atoms with Crippen molar-refractivity contribution in [3.63, 3.8) is 0 Å². The molecule has 2 aromatic rings. The normalized spacial score (nSPS) is 20.1. The number of nitrogens with one attached hydrogen (secondary N) is 1. The number of thiocarbonyl (C=S) groups is 1. The van der Waals surface area contributed by atoms with Gasteiger partial charge in [0.2, 0.25) is 0 Å². The monoisotopic (exact) mass is 567 g/mol. The second-order valence-electron chi connectivity index (χ2n) is 9.91. The Morgan fingerprint density at radius 3 is 2.40 bits per heavy atom. The molecule has 0 radical (unpaired) electrons. The molecule has 0 bridgehead atoms. The molecular weight excluding hydrogens is 545 g/mol. The molecule has 1 atom stereocenters. The molecule has 0 amide bonds. The maximum atomic E-state index is 14.3. The van der Waals surface area contributed by atoms with Crippen molar-refractivity contribution in [2.45, 2.75) is 59.0 Å². The smallest absolute Gasteiger partial charge is 0.375 e. The molecule has 35 heavy (non-hydrogen) atoms. The van der Waals surface area contributed by atoms with E-state index >= 15 is 0 Å². The summed E-state index contributed by atoms with van der Waals surface area (Å²) >= 11 is 18.7. The lowest BCUT2D eigenvalue weighted by Gasteiger charge is -2.30. The van der Waals surface area contributed by atoms with Crippen LogP contribution < -0.4 is 5.32 Å². The van der Waals surface area contributed by atoms with Crippen molar-refractivity contribution in [2.75, 3.05) is 6.54 Å². The minimum Gasteiger partial charge on any atom is -0.375 e. The van der Waals surface area contributed by atoms with E-state index in [1.807, 2.05) is 6.92 Å². The van der Waals surface area contributed by atoms with E-state index in [4.69, 9.17) is 40.3 Å². The van der Waals surface area contributed by atoms with Crippen molar-refractivity contribution < 1.29 is 22.4 Å². The Kier molecular flexibility index (Phi) is 6.83. The van der Waals surface area contributed by atoms with Gasteiger partial charge in [-0.2, -0.15) is 13.2 Å². The molecule has 1 aromatic carbocycles. The van der Waals surface area contributed by atoms with Gasteiger partial charge in [0.15, 0.2) is 5.82 Å². The molecule has 4 nitrogen and oxygen atoms in total. The number of hydrogen-bond donors (Lipinski definition) is 1. The molecular formula is C23H23Cl2F4N3OS2. The fraction of sp³-hybridized carbons (Fsp3) is 0.478. The van der Waals surface area contributed by atoms with Gasteiger partial charge in [-0.05, 0) is 35.6 Å². The van der Waals surface area contributed by atoms with Crippen molar-refractivity contribution in [2.24, 2.45) is 10.6 Å². The quantitative estimate of drug-likeness (QED) is 0.239. The maximum Gasteiger partial charge on any atom is 0.435 e. The number of benzene rings is 1. The van der Waals surface area contributed by atoms with Gasteiger partial charge in [-0.3, -0.25) is 0 Å². The fourth-order valence-electron chi connectivity index (χ4n) is 4.03. The van der Waals surface area contributed by atoms with E-state index in [1.54, 1.807) is 4.90 Å². The number of hydrogen-bond acceptors (Lipinski definition) is 5. The van der Waals surface area contributed by atoms with Gasteiger partial charge in [0.05, 0.1) is 27.9 Å². The Balaban J connectivity index is 1.54. The third kappa shape index (κ3) is 4.86. The van der Waals surface area contributed by atoms with Crippen LogP contribution in [0.15, 0.2) is 17.3 Å². The summed E-state index contributed by atoms with van der Waals surface area (Å²) in [5, 5.41) is 6.08. The third-order valence-corrected chi connectivity index (χ3v) is 8.38. The summed E-state index contributed by atoms with van der Waals surface area (Å²) in [7, 11) is 0. The van der Waals surface area contributed by atoms with E-state index in [2.05, 4.69) is 31.2 Å². The van der Waals surface area contributed by atoms with E-state index in [1.165, 1.54) is 11.3 Å². The van der Waals surface area contributed by atoms with Crippen molar-refractivity contribution in [3.8, 4) is 0 Å². The summed E-state index contributed by atoms with van der Waals surface area (Å²) in [6, 6.07) is 1.77. The number of thiophene rings is 1. The topological polar surface area (TPSA) is 36.9 Å². The molecule has 1 aromatic heterocycles. The van der Waals surface area contributed by atoms with Crippen LogP contribution in [0.4, 0.5) is 17.6 Å². The lowest BCUT2D eigenvalue weighted by atomic mass is 9.89. The Morgan fingerprint density at radius 2 is 1.86 bits per heavy atom. The summed E-state index contributed by atoms with van der Waals surface area (Å²) < 4.78 is 56.7. The Morgan fingerprint density at radius 1 is 1.23 bits per heavy atom. The highest BCUT2D eigenvalue weighted by Crippen LogP contribution is 2.50. The van der Waals surface area contributed by atoms with Crippen LogP contribution in [0.5, 0.6) is 0 Å². The SMILES string of the molecule is Cc1c(C(=S)NCC(C)(C)C)sc2c1CN(C1=NOC(c3cc(Cl)c(F)c(Cl)c3)(C(F)(F)F)C1)C2. The lowest BCUT2D eigenvalue weighted by Crippen LogP contribution is -2.44. The zero-order valence-corrected chi connectivity index (χ0v) is 22.5. The highest BCUT2D eigenvalue weighted by Gasteiger charge is 2.63. The van der Waals surface area contributed by atoms with E-state index in [0.29, 0.717) is 18.1 Å². The molecule has 0 spiro atoms. The van der Waals surface area contributed by atoms with E-state index in [9.17, 15) is 17.6 Å². The molecule has 2 aliphatic heterocycles. The molecule has 0 fully saturated rings. The molecule has 0 saturated heterocycles. The molecule has 0 saturated carbocycles. The van der Waals surface area contributed by atoms with E-state index in [-0.39, 0.29) is 11.3 Å². The van der Waals surface area contributed by atoms with Gasteiger partial charge in [0.25, 0.3) is 5.60 Å². The number of amidine groups is 1. The predicted octanol–water partition coefficient (Wildman–Crippen LogP) is 7.32. The first-order chi connectivity index (χ1) is 16.1. The summed E-state index contributed by atoms with van der Waals surface area (Å²) in [5.74, 6) is -0.838. The van der Waals surface area contributed by atoms with Crippen LogP contribution in [0.25, 0.3) is 0 Å². The van der Waals surface area contributed by atoms with Gasteiger partial charge < -0.3 is 15.1 Å². The van der Waals surface area contributed by atoms with Crippen LogP contribution in [0, 0.1) is 18.2 Å². The first kappa shape index (κ1) is 26.4. The average molecular weight is 568 g/mol. The van der Waals surface area contributed by atoms with Crippen LogP contribution in [0.1, 0.15) is 53.6 Å². The molecule has 0 aliphatic carbocycles. The van der Waals surface area contributed by atoms with Crippen LogP contribution in [0.2, 0.25) is 10.0 Å². The molecule has 3 heterocycles. The number of fused-ring (bicyclic) bond motifs is 1. The standard InChI is InChI=1S/C23H23Cl2F4N3OS2/c1-11-13-8-32(9-16(13)35-19(11)20(34)30-10-21(2,3)4)17-7-22(33-31-17,23(27,28)29)12-5-14(24)18(26)15(25)6-12/h5-6H,7-10H2,1-4H3,(H,30,34). The van der Waals surface area contributed by atoms with Gasteiger partial charge >= 0.3 is 6.18 Å². The minimum absolute atomic E-state index is 0.0688. The highest BCUT2D eigenvalue weighted by atomic mass is 35.5. The summed E-state index contributed by atoms with van der Waals surface area (Å²) in [6.07, 6.45) is -5.43. The minimum atomic E-state index is -4.85. The highest BCUT2D eigenvalue weighted by molar-refractivity contribution is 7.81. The molecule has 1 N–H and O–H groups in total. The molecule has 1 unspecified atom stereocenters. The predicted molar refractivity (Wildman–Crippen MR) is 135 cm³/mol. The van der Waals surface area contributed by atoms with E-state index < -0.39 is 39.6 Å². The van der Waals surface area contributed by atoms with Crippen LogP contribution in [0.3, 0.4) is 0 Å². The Labute approximate surface area is 220 Å². The maximum absolute atomic E-state index is 14.3. The molecule has 4 rings (SSSR count). The van der Waals surface area contributed by atoms with Crippen molar-refractivity contribution >= 4 is 57.6 Å². The second kappa shape index (κ2) is 9.04.